The summed E-state index contributed by atoms with van der Waals surface area (Å²) in [6.07, 6.45) is 0. The van der Waals surface area contributed by atoms with E-state index in [1.807, 2.05) is 6.07 Å². The van der Waals surface area contributed by atoms with E-state index in [4.69, 9.17) is 10.9 Å². The van der Waals surface area contributed by atoms with E-state index in [1.165, 1.54) is 6.07 Å². The van der Waals surface area contributed by atoms with Gasteiger partial charge in [0.25, 0.3) is 0 Å². The molecule has 6 nitrogen and oxygen atoms in total. The zero-order valence-corrected chi connectivity index (χ0v) is 13.4. The maximum absolute atomic E-state index is 11.5. The first kappa shape index (κ1) is 16.1. The molecule has 118 valence electrons. The van der Waals surface area contributed by atoms with E-state index in [1.54, 1.807) is 6.07 Å². The van der Waals surface area contributed by atoms with Crippen LogP contribution in [-0.4, -0.2) is 46.0 Å². The number of nitrogen functional groups attached to an aromatic ring is 1. The summed E-state index contributed by atoms with van der Waals surface area (Å²) < 4.78 is 23.1. The van der Waals surface area contributed by atoms with Gasteiger partial charge in [0.15, 0.2) is 0 Å². The highest BCUT2D eigenvalue weighted by Crippen LogP contribution is 2.29. The van der Waals surface area contributed by atoms with Crippen molar-refractivity contribution in [3.05, 3.63) is 18.2 Å². The monoisotopic (exact) mass is 312 g/mol. The number of para-hydroxylation sites is 1. The summed E-state index contributed by atoms with van der Waals surface area (Å²) in [7, 11) is -3.78. The van der Waals surface area contributed by atoms with Crippen molar-refractivity contribution in [2.24, 2.45) is 11.1 Å². The molecule has 1 aromatic carbocycles. The molecule has 0 saturated carbocycles. The molecule has 7 heteroatoms. The molecule has 4 N–H and O–H groups in total. The molecule has 1 aliphatic rings. The van der Waals surface area contributed by atoms with Crippen LogP contribution in [0.25, 0.3) is 0 Å². The summed E-state index contributed by atoms with van der Waals surface area (Å²) in [6, 6.07) is 4.98. The second-order valence-corrected chi connectivity index (χ2v) is 7.45. The SMILES string of the molecule is CC(C)CN1CCN(c2cccc(S(N)(=O)=O)c2N)CC1. The van der Waals surface area contributed by atoms with Crippen LogP contribution in [0.4, 0.5) is 11.4 Å². The van der Waals surface area contributed by atoms with E-state index in [2.05, 4.69) is 23.6 Å². The largest absolute Gasteiger partial charge is 0.396 e. The molecule has 1 heterocycles. The quantitative estimate of drug-likeness (QED) is 0.798. The van der Waals surface area contributed by atoms with Crippen molar-refractivity contribution in [2.75, 3.05) is 43.4 Å². The molecule has 1 fully saturated rings. The Morgan fingerprint density at radius 1 is 1.19 bits per heavy atom. The predicted molar refractivity (Wildman–Crippen MR) is 85.7 cm³/mol. The van der Waals surface area contributed by atoms with Gasteiger partial charge in [-0.15, -0.1) is 0 Å². The average molecular weight is 312 g/mol. The van der Waals surface area contributed by atoms with Gasteiger partial charge in [0.05, 0.1) is 11.4 Å². The average Bonchev–Trinajstić information content (AvgIpc) is 2.38. The van der Waals surface area contributed by atoms with Crippen molar-refractivity contribution in [1.29, 1.82) is 0 Å². The Kier molecular flexibility index (Phi) is 4.75. The molecule has 1 saturated heterocycles. The zero-order valence-electron chi connectivity index (χ0n) is 12.6. The molecule has 0 amide bonds. The van der Waals surface area contributed by atoms with E-state index in [0.29, 0.717) is 5.92 Å². The van der Waals surface area contributed by atoms with Crippen molar-refractivity contribution < 1.29 is 8.42 Å². The summed E-state index contributed by atoms with van der Waals surface area (Å²) in [5, 5.41) is 5.20. The highest BCUT2D eigenvalue weighted by Gasteiger charge is 2.22. The lowest BCUT2D eigenvalue weighted by molar-refractivity contribution is 0.231. The number of piperazine rings is 1. The van der Waals surface area contributed by atoms with Crippen LogP contribution in [0.3, 0.4) is 0 Å². The first-order valence-corrected chi connectivity index (χ1v) is 8.72. The number of hydrogen-bond acceptors (Lipinski definition) is 5. The fraction of sp³-hybridized carbons (Fsp3) is 0.571. The van der Waals surface area contributed by atoms with Crippen LogP contribution in [0.15, 0.2) is 23.1 Å². The Morgan fingerprint density at radius 2 is 1.81 bits per heavy atom. The summed E-state index contributed by atoms with van der Waals surface area (Å²) in [5.74, 6) is 0.646. The molecule has 0 aromatic heterocycles. The van der Waals surface area contributed by atoms with Crippen LogP contribution in [0, 0.1) is 5.92 Å². The smallest absolute Gasteiger partial charge is 0.240 e. The Hall–Kier alpha value is -1.31. The second kappa shape index (κ2) is 6.21. The third-order valence-corrected chi connectivity index (χ3v) is 4.66. The van der Waals surface area contributed by atoms with E-state index < -0.39 is 10.0 Å². The van der Waals surface area contributed by atoms with Crippen LogP contribution in [-0.2, 0) is 10.0 Å². The van der Waals surface area contributed by atoms with Crippen molar-refractivity contribution in [3.8, 4) is 0 Å². The number of sulfonamides is 1. The lowest BCUT2D eigenvalue weighted by Crippen LogP contribution is -2.47. The third kappa shape index (κ3) is 3.87. The minimum atomic E-state index is -3.78. The molecular weight excluding hydrogens is 288 g/mol. The van der Waals surface area contributed by atoms with Gasteiger partial charge in [-0.25, -0.2) is 13.6 Å². The number of rotatable bonds is 4. The van der Waals surface area contributed by atoms with Gasteiger partial charge in [-0.2, -0.15) is 0 Å². The first-order chi connectivity index (χ1) is 9.79. The number of benzene rings is 1. The summed E-state index contributed by atoms with van der Waals surface area (Å²) >= 11 is 0. The molecule has 1 aliphatic heterocycles. The van der Waals surface area contributed by atoms with Gasteiger partial charge in [0, 0.05) is 32.7 Å². The van der Waals surface area contributed by atoms with E-state index >= 15 is 0 Å². The molecule has 0 aliphatic carbocycles. The van der Waals surface area contributed by atoms with Crippen molar-refractivity contribution in [3.63, 3.8) is 0 Å². The van der Waals surface area contributed by atoms with Crippen LogP contribution < -0.4 is 15.8 Å². The molecule has 0 bridgehead atoms. The standard InChI is InChI=1S/C14H24N4O2S/c1-11(2)10-17-6-8-18(9-7-17)12-4-3-5-13(14(12)15)21(16,19)20/h3-5,11H,6-10,15H2,1-2H3,(H2,16,19,20). The lowest BCUT2D eigenvalue weighted by Gasteiger charge is -2.37. The minimum absolute atomic E-state index is 0.00427. The van der Waals surface area contributed by atoms with E-state index in [0.717, 1.165) is 38.4 Å². The van der Waals surface area contributed by atoms with Crippen molar-refractivity contribution in [1.82, 2.24) is 4.90 Å². The first-order valence-electron chi connectivity index (χ1n) is 7.17. The van der Waals surface area contributed by atoms with Crippen LogP contribution in [0.1, 0.15) is 13.8 Å². The minimum Gasteiger partial charge on any atom is -0.396 e. The van der Waals surface area contributed by atoms with Gasteiger partial charge >= 0.3 is 0 Å². The van der Waals surface area contributed by atoms with Crippen molar-refractivity contribution in [2.45, 2.75) is 18.7 Å². The number of hydrogen-bond donors (Lipinski definition) is 2. The second-order valence-electron chi connectivity index (χ2n) is 5.92. The third-order valence-electron chi connectivity index (χ3n) is 3.69. The molecular formula is C14H24N4O2S. The normalized spacial score (nSPS) is 17.4. The Bertz CT molecular complexity index is 593. The lowest BCUT2D eigenvalue weighted by atomic mass is 10.1. The maximum Gasteiger partial charge on any atom is 0.240 e. The maximum atomic E-state index is 11.5. The Balaban J connectivity index is 2.14. The number of nitrogens with zero attached hydrogens (tertiary/aromatic N) is 2. The van der Waals surface area contributed by atoms with Crippen LogP contribution >= 0.6 is 0 Å². The fourth-order valence-corrected chi connectivity index (χ4v) is 3.42. The van der Waals surface area contributed by atoms with Gasteiger partial charge in [-0.1, -0.05) is 19.9 Å². The number of nitrogens with two attached hydrogens (primary N) is 2. The summed E-state index contributed by atoms with van der Waals surface area (Å²) in [4.78, 5) is 4.55. The summed E-state index contributed by atoms with van der Waals surface area (Å²) in [6.45, 7) is 9.09. The number of primary sulfonamides is 1. The zero-order chi connectivity index (χ0) is 15.6. The number of anilines is 2. The highest BCUT2D eigenvalue weighted by atomic mass is 32.2. The predicted octanol–water partition coefficient (Wildman–Crippen LogP) is 0.694. The van der Waals surface area contributed by atoms with Crippen LogP contribution in [0.5, 0.6) is 0 Å². The molecule has 0 unspecified atom stereocenters. The van der Waals surface area contributed by atoms with E-state index in [-0.39, 0.29) is 10.6 Å². The van der Waals surface area contributed by atoms with Gasteiger partial charge in [-0.05, 0) is 18.1 Å². The van der Waals surface area contributed by atoms with Gasteiger partial charge in [0.1, 0.15) is 4.90 Å². The van der Waals surface area contributed by atoms with Gasteiger partial charge < -0.3 is 10.6 Å². The molecule has 1 aromatic rings. The fourth-order valence-electron chi connectivity index (χ4n) is 2.74. The Morgan fingerprint density at radius 3 is 2.33 bits per heavy atom. The topological polar surface area (TPSA) is 92.7 Å². The molecule has 2 rings (SSSR count). The highest BCUT2D eigenvalue weighted by molar-refractivity contribution is 7.89. The molecule has 0 atom stereocenters. The van der Waals surface area contributed by atoms with Gasteiger partial charge in [-0.3, -0.25) is 4.90 Å². The summed E-state index contributed by atoms with van der Waals surface area (Å²) in [5.41, 5.74) is 7.00. The molecule has 0 radical (unpaired) electrons. The van der Waals surface area contributed by atoms with E-state index in [9.17, 15) is 8.42 Å². The van der Waals surface area contributed by atoms with Crippen molar-refractivity contribution >= 4 is 21.4 Å². The molecule has 0 spiro atoms. The Labute approximate surface area is 126 Å². The molecule has 21 heavy (non-hydrogen) atoms. The van der Waals surface area contributed by atoms with Crippen LogP contribution in [0.2, 0.25) is 0 Å². The van der Waals surface area contributed by atoms with Gasteiger partial charge in [0.2, 0.25) is 10.0 Å².